The summed E-state index contributed by atoms with van der Waals surface area (Å²) >= 11 is 0. The third kappa shape index (κ3) is 2.32. The van der Waals surface area contributed by atoms with Crippen molar-refractivity contribution in [2.24, 2.45) is 0 Å². The summed E-state index contributed by atoms with van der Waals surface area (Å²) in [4.78, 5) is 0. The number of fused-ring (bicyclic) bond motifs is 1. The number of alkyl halides is 3. The highest BCUT2D eigenvalue weighted by atomic mass is 35.5. The van der Waals surface area contributed by atoms with E-state index in [4.69, 9.17) is 4.74 Å². The lowest BCUT2D eigenvalue weighted by molar-refractivity contribution is -0.140. The normalized spacial score (nSPS) is 18.3. The molecular formula is C10H10ClF4NO. The average molecular weight is 272 g/mol. The van der Waals surface area contributed by atoms with E-state index in [1.54, 1.807) is 7.05 Å². The Morgan fingerprint density at radius 3 is 2.53 bits per heavy atom. The quantitative estimate of drug-likeness (QED) is 0.793. The first-order valence-electron chi connectivity index (χ1n) is 4.65. The van der Waals surface area contributed by atoms with Gasteiger partial charge in [0.1, 0.15) is 6.61 Å². The van der Waals surface area contributed by atoms with E-state index in [9.17, 15) is 17.6 Å². The first-order chi connectivity index (χ1) is 7.45. The molecular weight excluding hydrogens is 262 g/mol. The minimum absolute atomic E-state index is 0. The lowest BCUT2D eigenvalue weighted by atomic mass is 10.1. The molecule has 1 aliphatic rings. The lowest BCUT2D eigenvalue weighted by Gasteiger charge is -2.11. The van der Waals surface area contributed by atoms with Crippen LogP contribution in [0.4, 0.5) is 17.6 Å². The average Bonchev–Trinajstić information content (AvgIpc) is 2.60. The summed E-state index contributed by atoms with van der Waals surface area (Å²) < 4.78 is 55.6. The summed E-state index contributed by atoms with van der Waals surface area (Å²) in [6.45, 7) is 0.143. The van der Waals surface area contributed by atoms with Crippen LogP contribution in [0.5, 0.6) is 5.75 Å². The Kier molecular flexibility index (Phi) is 3.88. The lowest BCUT2D eigenvalue weighted by Crippen LogP contribution is -2.17. The Balaban J connectivity index is 0.00000144. The predicted molar refractivity (Wildman–Crippen MR) is 55.9 cm³/mol. The van der Waals surface area contributed by atoms with Crippen molar-refractivity contribution < 1.29 is 22.3 Å². The molecule has 0 saturated carbocycles. The second kappa shape index (κ2) is 4.70. The van der Waals surface area contributed by atoms with Crippen LogP contribution >= 0.6 is 12.4 Å². The summed E-state index contributed by atoms with van der Waals surface area (Å²) in [5.41, 5.74) is -0.865. The van der Waals surface area contributed by atoms with Crippen LogP contribution in [0, 0.1) is 5.82 Å². The monoisotopic (exact) mass is 271 g/mol. The van der Waals surface area contributed by atoms with Crippen molar-refractivity contribution in [2.75, 3.05) is 13.7 Å². The molecule has 0 saturated heterocycles. The van der Waals surface area contributed by atoms with Gasteiger partial charge in [0.25, 0.3) is 0 Å². The zero-order valence-corrected chi connectivity index (χ0v) is 9.58. The number of halogens is 5. The van der Waals surface area contributed by atoms with Crippen molar-refractivity contribution in [2.45, 2.75) is 12.2 Å². The highest BCUT2D eigenvalue weighted by molar-refractivity contribution is 5.85. The molecule has 0 bridgehead atoms. The van der Waals surface area contributed by atoms with E-state index < -0.39 is 17.6 Å². The van der Waals surface area contributed by atoms with Gasteiger partial charge in [-0.05, 0) is 13.1 Å². The van der Waals surface area contributed by atoms with Crippen molar-refractivity contribution in [1.29, 1.82) is 0 Å². The Hall–Kier alpha value is -1.01. The van der Waals surface area contributed by atoms with Crippen LogP contribution in [-0.4, -0.2) is 13.7 Å². The number of benzene rings is 1. The van der Waals surface area contributed by atoms with Crippen molar-refractivity contribution in [3.8, 4) is 5.75 Å². The van der Waals surface area contributed by atoms with E-state index in [1.807, 2.05) is 0 Å². The van der Waals surface area contributed by atoms with E-state index in [2.05, 4.69) is 5.32 Å². The molecule has 96 valence electrons. The van der Waals surface area contributed by atoms with Gasteiger partial charge in [0.15, 0.2) is 11.6 Å². The SMILES string of the molecule is CN[C@@H]1COc2c1ccc(C(F)(F)F)c2F.Cl. The maximum atomic E-state index is 13.5. The fourth-order valence-corrected chi connectivity index (χ4v) is 1.71. The minimum Gasteiger partial charge on any atom is -0.488 e. The molecule has 1 aliphatic heterocycles. The zero-order chi connectivity index (χ0) is 11.9. The highest BCUT2D eigenvalue weighted by Gasteiger charge is 2.38. The summed E-state index contributed by atoms with van der Waals surface area (Å²) in [5, 5.41) is 2.83. The third-order valence-corrected chi connectivity index (χ3v) is 2.55. The van der Waals surface area contributed by atoms with Crippen molar-refractivity contribution in [3.05, 3.63) is 29.1 Å². The van der Waals surface area contributed by atoms with Gasteiger partial charge in [-0.2, -0.15) is 13.2 Å². The summed E-state index contributed by atoms with van der Waals surface area (Å²) in [6, 6.07) is 1.73. The standard InChI is InChI=1S/C10H9F4NO.ClH/c1-15-7-4-16-9-5(7)2-3-6(8(9)11)10(12,13)14;/h2-3,7,15H,4H2,1H3;1H/t7-;/m1./s1. The van der Waals surface area contributed by atoms with Crippen LogP contribution in [0.2, 0.25) is 0 Å². The number of hydrogen-bond acceptors (Lipinski definition) is 2. The Morgan fingerprint density at radius 2 is 2.00 bits per heavy atom. The zero-order valence-electron chi connectivity index (χ0n) is 8.77. The van der Waals surface area contributed by atoms with E-state index >= 15 is 0 Å². The van der Waals surface area contributed by atoms with Gasteiger partial charge in [-0.1, -0.05) is 6.07 Å². The highest BCUT2D eigenvalue weighted by Crippen LogP contribution is 2.41. The maximum absolute atomic E-state index is 13.5. The van der Waals surface area contributed by atoms with Gasteiger partial charge in [-0.15, -0.1) is 12.4 Å². The number of rotatable bonds is 1. The molecule has 7 heteroatoms. The summed E-state index contributed by atoms with van der Waals surface area (Å²) in [5.74, 6) is -1.63. The van der Waals surface area contributed by atoms with E-state index in [-0.39, 0.29) is 30.8 Å². The molecule has 0 aromatic heterocycles. The number of nitrogens with one attached hydrogen (secondary N) is 1. The largest absolute Gasteiger partial charge is 0.488 e. The summed E-state index contributed by atoms with van der Waals surface area (Å²) in [7, 11) is 1.64. The van der Waals surface area contributed by atoms with Crippen LogP contribution < -0.4 is 10.1 Å². The molecule has 1 aromatic rings. The second-order valence-electron chi connectivity index (χ2n) is 3.50. The molecule has 0 spiro atoms. The van der Waals surface area contributed by atoms with Crippen molar-refractivity contribution in [3.63, 3.8) is 0 Å². The van der Waals surface area contributed by atoms with Gasteiger partial charge in [0.05, 0.1) is 11.6 Å². The molecule has 0 unspecified atom stereocenters. The number of hydrogen-bond donors (Lipinski definition) is 1. The molecule has 1 aromatic carbocycles. The van der Waals surface area contributed by atoms with Gasteiger partial charge in [0, 0.05) is 5.56 Å². The molecule has 1 heterocycles. The van der Waals surface area contributed by atoms with E-state index in [1.165, 1.54) is 6.07 Å². The van der Waals surface area contributed by atoms with Crippen LogP contribution in [0.3, 0.4) is 0 Å². The van der Waals surface area contributed by atoms with Crippen molar-refractivity contribution >= 4 is 12.4 Å². The molecule has 2 nitrogen and oxygen atoms in total. The molecule has 1 N–H and O–H groups in total. The third-order valence-electron chi connectivity index (χ3n) is 2.55. The fraction of sp³-hybridized carbons (Fsp3) is 0.400. The summed E-state index contributed by atoms with van der Waals surface area (Å²) in [6.07, 6.45) is -4.69. The molecule has 17 heavy (non-hydrogen) atoms. The van der Waals surface area contributed by atoms with Crippen molar-refractivity contribution in [1.82, 2.24) is 5.32 Å². The van der Waals surface area contributed by atoms with Crippen LogP contribution in [0.25, 0.3) is 0 Å². The second-order valence-corrected chi connectivity index (χ2v) is 3.50. The van der Waals surface area contributed by atoms with E-state index in [0.29, 0.717) is 5.56 Å². The molecule has 1 atom stereocenters. The topological polar surface area (TPSA) is 21.3 Å². The number of ether oxygens (including phenoxy) is 1. The van der Waals surface area contributed by atoms with Gasteiger partial charge in [-0.25, -0.2) is 4.39 Å². The Labute approximate surface area is 101 Å². The molecule has 0 aliphatic carbocycles. The first-order valence-corrected chi connectivity index (χ1v) is 4.65. The van der Waals surface area contributed by atoms with Gasteiger partial charge < -0.3 is 10.1 Å². The molecule has 0 amide bonds. The molecule has 2 rings (SSSR count). The Morgan fingerprint density at radius 1 is 1.35 bits per heavy atom. The Bertz CT molecular complexity index is 422. The molecule has 0 radical (unpaired) electrons. The minimum atomic E-state index is -4.69. The first kappa shape index (κ1) is 14.1. The van der Waals surface area contributed by atoms with Crippen LogP contribution in [-0.2, 0) is 6.18 Å². The van der Waals surface area contributed by atoms with Gasteiger partial charge >= 0.3 is 6.18 Å². The van der Waals surface area contributed by atoms with Gasteiger partial charge in [-0.3, -0.25) is 0 Å². The fourth-order valence-electron chi connectivity index (χ4n) is 1.71. The van der Waals surface area contributed by atoms with Crippen LogP contribution in [0.15, 0.2) is 12.1 Å². The number of likely N-dealkylation sites (N-methyl/N-ethyl adjacent to an activating group) is 1. The smallest absolute Gasteiger partial charge is 0.419 e. The van der Waals surface area contributed by atoms with Gasteiger partial charge in [0.2, 0.25) is 0 Å². The van der Waals surface area contributed by atoms with Crippen LogP contribution in [0.1, 0.15) is 17.2 Å². The predicted octanol–water partition coefficient (Wildman–Crippen LogP) is 2.92. The maximum Gasteiger partial charge on any atom is 0.419 e. The molecule has 0 fully saturated rings. The van der Waals surface area contributed by atoms with E-state index in [0.717, 1.165) is 6.07 Å².